The largest absolute Gasteiger partial charge is 0.488 e. The van der Waals surface area contributed by atoms with Gasteiger partial charge in [0.1, 0.15) is 24.4 Å². The molecule has 0 unspecified atom stereocenters. The minimum Gasteiger partial charge on any atom is -0.488 e. The molecule has 13 heteroatoms. The molecule has 3 aromatic heterocycles. The molecule has 0 saturated heterocycles. The molecule has 0 aliphatic rings. The van der Waals surface area contributed by atoms with Crippen molar-refractivity contribution in [2.75, 3.05) is 57.6 Å². The van der Waals surface area contributed by atoms with Gasteiger partial charge in [-0.25, -0.2) is 24.7 Å². The average molecular weight is 536 g/mol. The van der Waals surface area contributed by atoms with E-state index in [9.17, 15) is 4.79 Å². The van der Waals surface area contributed by atoms with Crippen LogP contribution in [0.15, 0.2) is 49.2 Å². The maximum atomic E-state index is 11.2. The summed E-state index contributed by atoms with van der Waals surface area (Å²) in [6.07, 6.45) is 7.77. The highest BCUT2D eigenvalue weighted by atomic mass is 16.5. The van der Waals surface area contributed by atoms with E-state index in [2.05, 4.69) is 52.8 Å². The number of H-pyrrole nitrogens is 1. The number of hydrogen-bond donors (Lipinski definition) is 5. The third-order valence-corrected chi connectivity index (χ3v) is 5.72. The van der Waals surface area contributed by atoms with Crippen molar-refractivity contribution in [3.05, 3.63) is 54.7 Å². The highest BCUT2D eigenvalue weighted by molar-refractivity contribution is 5.92. The zero-order chi connectivity index (χ0) is 27.5. The van der Waals surface area contributed by atoms with Crippen molar-refractivity contribution in [1.82, 2.24) is 35.1 Å². The Morgan fingerprint density at radius 3 is 2.74 bits per heavy atom. The van der Waals surface area contributed by atoms with E-state index in [1.807, 2.05) is 19.3 Å². The second-order valence-electron chi connectivity index (χ2n) is 8.77. The van der Waals surface area contributed by atoms with Gasteiger partial charge in [-0.2, -0.15) is 0 Å². The van der Waals surface area contributed by atoms with Gasteiger partial charge in [0.05, 0.1) is 11.9 Å². The van der Waals surface area contributed by atoms with E-state index in [4.69, 9.17) is 14.6 Å². The fourth-order valence-electron chi connectivity index (χ4n) is 3.95. The molecule has 3 heterocycles. The van der Waals surface area contributed by atoms with Crippen molar-refractivity contribution < 1.29 is 19.4 Å². The Bertz CT molecular complexity index is 1350. The second-order valence-corrected chi connectivity index (χ2v) is 8.77. The van der Waals surface area contributed by atoms with Gasteiger partial charge >= 0.3 is 5.97 Å². The van der Waals surface area contributed by atoms with Gasteiger partial charge in [-0.05, 0) is 57.4 Å². The summed E-state index contributed by atoms with van der Waals surface area (Å²) >= 11 is 0. The summed E-state index contributed by atoms with van der Waals surface area (Å²) in [5.74, 6) is 0.742. The number of ether oxygens (including phenoxy) is 2. The quantitative estimate of drug-likeness (QED) is 0.133. The molecule has 1 aromatic carbocycles. The van der Waals surface area contributed by atoms with Gasteiger partial charge in [0, 0.05) is 36.9 Å². The second kappa shape index (κ2) is 13.9. The Kier molecular flexibility index (Phi) is 9.80. The molecule has 206 valence electrons. The van der Waals surface area contributed by atoms with Gasteiger partial charge in [0.25, 0.3) is 0 Å². The van der Waals surface area contributed by atoms with Crippen LogP contribution in [-0.4, -0.2) is 87.8 Å². The first-order valence-corrected chi connectivity index (χ1v) is 12.6. The van der Waals surface area contributed by atoms with Crippen molar-refractivity contribution in [2.24, 2.45) is 0 Å². The lowest BCUT2D eigenvalue weighted by Gasteiger charge is -2.17. The number of carboxylic acid groups (broad SMARTS) is 1. The number of benzene rings is 1. The highest BCUT2D eigenvalue weighted by Gasteiger charge is 2.15. The van der Waals surface area contributed by atoms with Crippen LogP contribution < -0.4 is 25.4 Å². The fraction of sp³-hybridized carbons (Fsp3) is 0.346. The Labute approximate surface area is 226 Å². The first kappa shape index (κ1) is 27.5. The standard InChI is InChI=1S/C26H33N9O4/c1-27-7-4-11-35(2)15-18-14-31-24-23(18)25(33-17-32-24)34-19-5-6-20(21(13-19)39-16-22(36)37)38-12-10-30-26-28-8-3-9-29-26/h3,5-6,8-9,13-14,17,27H,4,7,10-12,15-16H2,1-2H3,(H,36,37)(H,28,29,30)(H2,31,32,33,34). The molecule has 0 amide bonds. The topological polar surface area (TPSA) is 162 Å². The number of carbonyl (C=O) groups is 1. The summed E-state index contributed by atoms with van der Waals surface area (Å²) in [7, 11) is 4.03. The van der Waals surface area contributed by atoms with Crippen LogP contribution in [0.5, 0.6) is 11.5 Å². The van der Waals surface area contributed by atoms with E-state index in [1.165, 1.54) is 6.33 Å². The number of aliphatic carboxylic acids is 1. The van der Waals surface area contributed by atoms with Crippen LogP contribution in [0.25, 0.3) is 11.0 Å². The molecule has 0 radical (unpaired) electrons. The average Bonchev–Trinajstić information content (AvgIpc) is 3.35. The summed E-state index contributed by atoms with van der Waals surface area (Å²) in [5, 5.41) is 19.6. The Balaban J connectivity index is 1.48. The summed E-state index contributed by atoms with van der Waals surface area (Å²) in [6.45, 7) is 2.86. The van der Waals surface area contributed by atoms with Crippen LogP contribution in [-0.2, 0) is 11.3 Å². The van der Waals surface area contributed by atoms with Crippen LogP contribution in [0.2, 0.25) is 0 Å². The summed E-state index contributed by atoms with van der Waals surface area (Å²) < 4.78 is 11.4. The molecule has 0 bridgehead atoms. The van der Waals surface area contributed by atoms with Crippen LogP contribution in [0.3, 0.4) is 0 Å². The monoisotopic (exact) mass is 535 g/mol. The van der Waals surface area contributed by atoms with Crippen LogP contribution in [0.4, 0.5) is 17.5 Å². The van der Waals surface area contributed by atoms with Gasteiger partial charge in [-0.15, -0.1) is 0 Å². The van der Waals surface area contributed by atoms with E-state index in [0.717, 1.165) is 42.7 Å². The van der Waals surface area contributed by atoms with Gasteiger partial charge in [-0.1, -0.05) is 0 Å². The van der Waals surface area contributed by atoms with E-state index in [-0.39, 0.29) is 6.61 Å². The smallest absolute Gasteiger partial charge is 0.341 e. The molecular weight excluding hydrogens is 502 g/mol. The number of nitrogens with zero attached hydrogens (tertiary/aromatic N) is 5. The lowest BCUT2D eigenvalue weighted by Crippen LogP contribution is -2.22. The fourth-order valence-corrected chi connectivity index (χ4v) is 3.95. The van der Waals surface area contributed by atoms with E-state index in [1.54, 1.807) is 30.6 Å². The maximum absolute atomic E-state index is 11.2. The van der Waals surface area contributed by atoms with Gasteiger partial charge in [0.2, 0.25) is 5.95 Å². The number of nitrogens with one attached hydrogen (secondary N) is 4. The minimum atomic E-state index is -1.09. The predicted octanol–water partition coefficient (Wildman–Crippen LogP) is 2.49. The number of rotatable bonds is 16. The number of fused-ring (bicyclic) bond motifs is 1. The molecule has 4 aromatic rings. The van der Waals surface area contributed by atoms with Gasteiger partial charge in [-0.3, -0.25) is 0 Å². The number of carboxylic acids is 1. The number of hydrogen-bond acceptors (Lipinski definition) is 11. The van der Waals surface area contributed by atoms with Crippen molar-refractivity contribution >= 4 is 34.5 Å². The molecule has 0 saturated carbocycles. The van der Waals surface area contributed by atoms with Crippen LogP contribution in [0, 0.1) is 0 Å². The first-order valence-electron chi connectivity index (χ1n) is 12.6. The molecule has 5 N–H and O–H groups in total. The van der Waals surface area contributed by atoms with Crippen molar-refractivity contribution in [3.63, 3.8) is 0 Å². The number of anilines is 3. The zero-order valence-electron chi connectivity index (χ0n) is 22.0. The third kappa shape index (κ3) is 7.99. The number of aromatic amines is 1. The van der Waals surface area contributed by atoms with Crippen molar-refractivity contribution in [1.29, 1.82) is 0 Å². The predicted molar refractivity (Wildman–Crippen MR) is 148 cm³/mol. The lowest BCUT2D eigenvalue weighted by atomic mass is 10.2. The van der Waals surface area contributed by atoms with Crippen molar-refractivity contribution in [3.8, 4) is 11.5 Å². The zero-order valence-corrected chi connectivity index (χ0v) is 22.0. The normalized spacial score (nSPS) is 11.1. The molecule has 0 spiro atoms. The number of aromatic nitrogens is 5. The van der Waals surface area contributed by atoms with Gasteiger partial charge in [0.15, 0.2) is 18.1 Å². The maximum Gasteiger partial charge on any atom is 0.341 e. The Hall–Kier alpha value is -4.49. The van der Waals surface area contributed by atoms with Gasteiger partial charge < -0.3 is 40.4 Å². The Morgan fingerprint density at radius 1 is 1.10 bits per heavy atom. The summed E-state index contributed by atoms with van der Waals surface area (Å²) in [6, 6.07) is 6.97. The van der Waals surface area contributed by atoms with Crippen molar-refractivity contribution in [2.45, 2.75) is 13.0 Å². The SMILES string of the molecule is CNCCCN(C)Cc1c[nH]c2ncnc(Nc3ccc(OCCNc4ncccn4)c(OCC(=O)O)c3)c12. The molecule has 0 fully saturated rings. The highest BCUT2D eigenvalue weighted by Crippen LogP contribution is 2.33. The lowest BCUT2D eigenvalue weighted by molar-refractivity contribution is -0.139. The molecule has 0 atom stereocenters. The minimum absolute atomic E-state index is 0.287. The molecular formula is C26H33N9O4. The van der Waals surface area contributed by atoms with Crippen LogP contribution >= 0.6 is 0 Å². The third-order valence-electron chi connectivity index (χ3n) is 5.72. The Morgan fingerprint density at radius 2 is 1.95 bits per heavy atom. The molecule has 13 nitrogen and oxygen atoms in total. The first-order chi connectivity index (χ1) is 19.0. The molecule has 39 heavy (non-hydrogen) atoms. The van der Waals surface area contributed by atoms with Crippen LogP contribution in [0.1, 0.15) is 12.0 Å². The van der Waals surface area contributed by atoms with E-state index < -0.39 is 12.6 Å². The molecule has 0 aliphatic heterocycles. The molecule has 0 aliphatic carbocycles. The van der Waals surface area contributed by atoms with E-state index >= 15 is 0 Å². The molecule has 4 rings (SSSR count). The summed E-state index contributed by atoms with van der Waals surface area (Å²) in [5.41, 5.74) is 2.45. The summed E-state index contributed by atoms with van der Waals surface area (Å²) in [4.78, 5) is 33.7. The van der Waals surface area contributed by atoms with E-state index in [0.29, 0.717) is 35.5 Å².